The van der Waals surface area contributed by atoms with Gasteiger partial charge < -0.3 is 85.6 Å². The second-order valence-corrected chi connectivity index (χ2v) is 23.1. The van der Waals surface area contributed by atoms with Crippen molar-refractivity contribution in [1.29, 1.82) is 0 Å². The molecule has 27 nitrogen and oxygen atoms in total. The number of aliphatic hydroxyl groups is 1. The second-order valence-electron chi connectivity index (χ2n) is 23.1. The van der Waals surface area contributed by atoms with Gasteiger partial charge in [0.1, 0.15) is 37.1 Å². The van der Waals surface area contributed by atoms with Gasteiger partial charge in [-0.3, -0.25) is 19.2 Å². The van der Waals surface area contributed by atoms with E-state index in [0.717, 1.165) is 27.7 Å². The van der Waals surface area contributed by atoms with Crippen molar-refractivity contribution in [3.05, 3.63) is 215 Å². The molecule has 10 rings (SSSR count). The Kier molecular flexibility index (Phi) is 24.8. The van der Waals surface area contributed by atoms with Crippen molar-refractivity contribution in [3.8, 4) is 0 Å². The average molecular weight is 1370 g/mol. The van der Waals surface area contributed by atoms with Gasteiger partial charge in [0.15, 0.2) is 74.0 Å². The fourth-order valence-corrected chi connectivity index (χ4v) is 11.4. The molecule has 0 aliphatic carbocycles. The number of esters is 9. The van der Waals surface area contributed by atoms with E-state index in [9.17, 15) is 48.3 Å². The summed E-state index contributed by atoms with van der Waals surface area (Å²) in [6, 6.07) is 47.4. The van der Waals surface area contributed by atoms with Crippen LogP contribution in [-0.2, 0) is 106 Å². The molecular weight excluding hydrogens is 1300 g/mol. The lowest BCUT2D eigenvalue weighted by atomic mass is 9.96. The molecule has 522 valence electrons. The predicted octanol–water partition coefficient (Wildman–Crippen LogP) is 6.39. The lowest BCUT2D eigenvalue weighted by Crippen LogP contribution is -2.67. The maximum Gasteiger partial charge on any atom is 0.338 e. The molecule has 99 heavy (non-hydrogen) atoms. The molecule has 0 saturated carbocycles. The van der Waals surface area contributed by atoms with Gasteiger partial charge in [-0.1, -0.05) is 121 Å². The van der Waals surface area contributed by atoms with Gasteiger partial charge in [-0.05, 0) is 73.2 Å². The summed E-state index contributed by atoms with van der Waals surface area (Å²) in [6.45, 7) is 3.53. The van der Waals surface area contributed by atoms with Crippen molar-refractivity contribution in [2.45, 2.75) is 152 Å². The molecule has 4 heterocycles. The highest BCUT2D eigenvalue weighted by molar-refractivity contribution is 5.92. The van der Waals surface area contributed by atoms with E-state index >= 15 is 0 Å². The number of carbonyl (C=O) groups excluding carboxylic acids is 9. The summed E-state index contributed by atoms with van der Waals surface area (Å²) < 4.78 is 106. The maximum atomic E-state index is 14.8. The first-order valence-electron chi connectivity index (χ1n) is 31.6. The smallest absolute Gasteiger partial charge is 0.338 e. The van der Waals surface area contributed by atoms with Crippen molar-refractivity contribution in [3.63, 3.8) is 0 Å². The molecule has 0 spiro atoms. The molecule has 4 saturated heterocycles. The van der Waals surface area contributed by atoms with Crippen LogP contribution in [0.1, 0.15) is 92.0 Å². The van der Waals surface area contributed by atoms with Crippen molar-refractivity contribution < 1.29 is 129 Å². The standard InChI is InChI=1S/C72H72O27/c1-40-54(58(84-36-45-24-12-6-13-25-45)60(69(82)87-40)99-72-63(90-44(5)76)59(89-43(4)75)55(88-42(3)74)53(93-72)37-83-41(2)73)97-70-62(96-68(81)50-34-22-11-23-35-50)57(52(39-85-70)92-65(78)47-28-16-8-17-29-47)98-71-61(95-67(80)49-32-20-10-21-33-49)56(94-66(79)48-30-18-9-19-31-48)51(38-86-71)91-64(77)46-26-14-7-15-27-46/h6-35,40,51-63,69-72,82H,36-39H2,1-5H3/t40-,51+,52+,53+,54-,55-,56-,57-,58+,59-,60+,61+,62+,63+,69+,70-,71-,72-/m0/s1. The summed E-state index contributed by atoms with van der Waals surface area (Å²) >= 11 is 0. The summed E-state index contributed by atoms with van der Waals surface area (Å²) in [5.74, 6) is -8.40. The van der Waals surface area contributed by atoms with E-state index < -0.39 is 184 Å². The zero-order valence-electron chi connectivity index (χ0n) is 54.1. The zero-order valence-corrected chi connectivity index (χ0v) is 54.1. The molecule has 4 fully saturated rings. The van der Waals surface area contributed by atoms with E-state index in [4.69, 9.17) is 80.5 Å². The Labute approximate surface area is 567 Å². The number of hydrogen-bond acceptors (Lipinski definition) is 27. The van der Waals surface area contributed by atoms with Crippen LogP contribution in [0, 0.1) is 0 Å². The van der Waals surface area contributed by atoms with Gasteiger partial charge in [0.25, 0.3) is 0 Å². The van der Waals surface area contributed by atoms with E-state index in [1.807, 2.05) is 0 Å². The Balaban J connectivity index is 1.07. The minimum Gasteiger partial charge on any atom is -0.463 e. The summed E-state index contributed by atoms with van der Waals surface area (Å²) in [7, 11) is 0. The Morgan fingerprint density at radius 3 is 1.15 bits per heavy atom. The molecule has 0 aromatic heterocycles. The van der Waals surface area contributed by atoms with E-state index in [1.165, 1.54) is 67.6 Å². The fourth-order valence-electron chi connectivity index (χ4n) is 11.4. The summed E-state index contributed by atoms with van der Waals surface area (Å²) in [4.78, 5) is 123. The topological polar surface area (TPSA) is 331 Å². The van der Waals surface area contributed by atoms with Crippen LogP contribution in [-0.4, -0.2) is 189 Å². The number of ether oxygens (including phenoxy) is 17. The first kappa shape index (κ1) is 71.9. The highest BCUT2D eigenvalue weighted by Gasteiger charge is 2.59. The number of rotatable bonds is 24. The molecule has 27 heteroatoms. The molecule has 4 aliphatic heterocycles. The van der Waals surface area contributed by atoms with Crippen LogP contribution in [0.5, 0.6) is 0 Å². The van der Waals surface area contributed by atoms with Gasteiger partial charge in [-0.25, -0.2) is 24.0 Å². The minimum atomic E-state index is -2.00. The van der Waals surface area contributed by atoms with Gasteiger partial charge in [-0.15, -0.1) is 0 Å². The monoisotopic (exact) mass is 1370 g/mol. The highest BCUT2D eigenvalue weighted by Crippen LogP contribution is 2.39. The number of aliphatic hydroxyl groups excluding tert-OH is 1. The first-order chi connectivity index (χ1) is 47.8. The van der Waals surface area contributed by atoms with Crippen LogP contribution >= 0.6 is 0 Å². The van der Waals surface area contributed by atoms with Gasteiger partial charge in [-0.2, -0.15) is 0 Å². The van der Waals surface area contributed by atoms with Gasteiger partial charge >= 0.3 is 53.7 Å². The van der Waals surface area contributed by atoms with Crippen LogP contribution in [0.4, 0.5) is 0 Å². The quantitative estimate of drug-likeness (QED) is 0.0507. The normalized spacial score (nSPS) is 28.1. The molecule has 1 N–H and O–H groups in total. The summed E-state index contributed by atoms with van der Waals surface area (Å²) in [6.07, 6.45) is -31.3. The Morgan fingerprint density at radius 1 is 0.364 bits per heavy atom. The molecule has 0 bridgehead atoms. The lowest BCUT2D eigenvalue weighted by Gasteiger charge is -2.49. The zero-order chi connectivity index (χ0) is 70.1. The maximum absolute atomic E-state index is 14.8. The predicted molar refractivity (Wildman–Crippen MR) is 336 cm³/mol. The highest BCUT2D eigenvalue weighted by atomic mass is 16.8. The molecule has 0 unspecified atom stereocenters. The molecule has 6 aromatic carbocycles. The van der Waals surface area contributed by atoms with E-state index in [2.05, 4.69) is 0 Å². The van der Waals surface area contributed by atoms with Gasteiger partial charge in [0.2, 0.25) is 0 Å². The fraction of sp³-hybridized carbons (Fsp3) is 0.375. The molecule has 4 aliphatic rings. The van der Waals surface area contributed by atoms with E-state index in [1.54, 1.807) is 121 Å². The van der Waals surface area contributed by atoms with Crippen LogP contribution in [0.25, 0.3) is 0 Å². The molecule has 0 radical (unpaired) electrons. The molecule has 6 aromatic rings. The average Bonchev–Trinajstić information content (AvgIpc) is 0.772. The van der Waals surface area contributed by atoms with E-state index in [0.29, 0.717) is 5.56 Å². The molecule has 0 amide bonds. The van der Waals surface area contributed by atoms with Crippen molar-refractivity contribution in [2.75, 3.05) is 19.8 Å². The van der Waals surface area contributed by atoms with Crippen LogP contribution in [0.3, 0.4) is 0 Å². The third-order valence-corrected chi connectivity index (χ3v) is 15.9. The minimum absolute atomic E-state index is 0.00563. The second kappa shape index (κ2) is 34.1. The van der Waals surface area contributed by atoms with Crippen molar-refractivity contribution >= 4 is 53.7 Å². The molecule has 18 atom stereocenters. The SMILES string of the molecule is CC(=O)OC[C@H]1O[C@@H](O[C@@H]2[C@H](OCc3ccccc3)[C@@H](O[C@@H]3OC[C@@H](OC(=O)c4ccccc4)[C@H](O[C@@H]4OC[C@@H](OC(=O)c5ccccc5)[C@H](OC(=O)c5ccccc5)[C@H]4OC(=O)c4ccccc4)[C@H]3OC(=O)c3ccccc3)[C@H](C)O[C@H]2O)[C@H](OC(C)=O)[C@@H](OC(C)=O)[C@H]1OC(C)=O. The number of hydrogen-bond donors (Lipinski definition) is 1. The number of carbonyl (C=O) groups is 9. The van der Waals surface area contributed by atoms with Crippen LogP contribution in [0.2, 0.25) is 0 Å². The summed E-state index contributed by atoms with van der Waals surface area (Å²) in [5, 5.41) is 12.2. The van der Waals surface area contributed by atoms with Crippen LogP contribution < -0.4 is 0 Å². The third kappa shape index (κ3) is 18.9. The Morgan fingerprint density at radius 2 is 0.717 bits per heavy atom. The van der Waals surface area contributed by atoms with Crippen molar-refractivity contribution in [1.82, 2.24) is 0 Å². The van der Waals surface area contributed by atoms with Gasteiger partial charge in [0.05, 0.1) is 53.7 Å². The van der Waals surface area contributed by atoms with Gasteiger partial charge in [0, 0.05) is 27.7 Å². The van der Waals surface area contributed by atoms with E-state index in [-0.39, 0.29) is 34.4 Å². The number of benzene rings is 6. The van der Waals surface area contributed by atoms with Crippen LogP contribution in [0.15, 0.2) is 182 Å². The lowest BCUT2D eigenvalue weighted by molar-refractivity contribution is -0.383. The largest absolute Gasteiger partial charge is 0.463 e. The molecular formula is C72H72O27. The summed E-state index contributed by atoms with van der Waals surface area (Å²) in [5.41, 5.74) is 0.761. The first-order valence-corrected chi connectivity index (χ1v) is 31.6. The Hall–Kier alpha value is -9.81. The van der Waals surface area contributed by atoms with Crippen molar-refractivity contribution in [2.24, 2.45) is 0 Å². The Bertz CT molecular complexity index is 3700. The third-order valence-electron chi connectivity index (χ3n) is 15.9.